The molecule has 0 bridgehead atoms. The average molecular weight is 340 g/mol. The number of hydrogen-bond acceptors (Lipinski definition) is 4. The van der Waals surface area contributed by atoms with Gasteiger partial charge in [0.15, 0.2) is 5.13 Å². The molecule has 1 saturated heterocycles. The Hall–Kier alpha value is -2.34. The lowest BCUT2D eigenvalue weighted by Gasteiger charge is -2.32. The van der Waals surface area contributed by atoms with E-state index in [1.165, 1.54) is 5.39 Å². The minimum atomic E-state index is 0.0871. The average Bonchev–Trinajstić information content (AvgIpc) is 3.26. The molecule has 0 radical (unpaired) electrons. The van der Waals surface area contributed by atoms with E-state index in [0.29, 0.717) is 6.54 Å². The van der Waals surface area contributed by atoms with E-state index in [4.69, 9.17) is 0 Å². The monoisotopic (exact) mass is 340 g/mol. The van der Waals surface area contributed by atoms with E-state index < -0.39 is 0 Å². The van der Waals surface area contributed by atoms with Crippen LogP contribution < -0.4 is 10.2 Å². The Bertz CT molecular complexity index is 819. The van der Waals surface area contributed by atoms with Crippen molar-refractivity contribution in [2.75, 3.05) is 18.0 Å². The first kappa shape index (κ1) is 15.2. The molecule has 0 atom stereocenters. The molecule has 6 heteroatoms. The molecule has 124 valence electrons. The highest BCUT2D eigenvalue weighted by Crippen LogP contribution is 2.22. The van der Waals surface area contributed by atoms with Gasteiger partial charge in [-0.15, -0.1) is 11.3 Å². The van der Waals surface area contributed by atoms with Crippen molar-refractivity contribution in [2.45, 2.75) is 25.4 Å². The van der Waals surface area contributed by atoms with Crippen LogP contribution in [0.15, 0.2) is 48.1 Å². The van der Waals surface area contributed by atoms with Crippen molar-refractivity contribution in [3.63, 3.8) is 0 Å². The topological polar surface area (TPSA) is 50.2 Å². The fraction of sp³-hybridized carbons (Fsp3) is 0.333. The summed E-state index contributed by atoms with van der Waals surface area (Å²) in [6.07, 6.45) is 5.76. The summed E-state index contributed by atoms with van der Waals surface area (Å²) >= 11 is 1.67. The number of piperidine rings is 1. The fourth-order valence-corrected chi connectivity index (χ4v) is 3.99. The molecule has 1 fully saturated rings. The Morgan fingerprint density at radius 1 is 1.25 bits per heavy atom. The molecule has 5 nitrogen and oxygen atoms in total. The lowest BCUT2D eigenvalue weighted by atomic mass is 10.1. The molecule has 1 amide bonds. The van der Waals surface area contributed by atoms with Crippen LogP contribution in [0.2, 0.25) is 0 Å². The minimum absolute atomic E-state index is 0.0871. The molecule has 3 heterocycles. The smallest absolute Gasteiger partial charge is 0.240 e. The predicted octanol–water partition coefficient (Wildman–Crippen LogP) is 2.88. The van der Waals surface area contributed by atoms with Gasteiger partial charge in [0, 0.05) is 42.4 Å². The Morgan fingerprint density at radius 3 is 2.88 bits per heavy atom. The predicted molar refractivity (Wildman–Crippen MR) is 97.4 cm³/mol. The van der Waals surface area contributed by atoms with E-state index in [1.807, 2.05) is 34.5 Å². The fourth-order valence-electron chi connectivity index (χ4n) is 3.29. The number of amides is 1. The van der Waals surface area contributed by atoms with Crippen LogP contribution in [0.5, 0.6) is 0 Å². The zero-order valence-corrected chi connectivity index (χ0v) is 14.2. The van der Waals surface area contributed by atoms with Crippen LogP contribution in [0, 0.1) is 0 Å². The number of carbonyl (C=O) groups excluding carboxylic acids is 1. The van der Waals surface area contributed by atoms with Crippen molar-refractivity contribution < 1.29 is 4.79 Å². The van der Waals surface area contributed by atoms with Crippen LogP contribution >= 0.6 is 11.3 Å². The first-order valence-corrected chi connectivity index (χ1v) is 9.15. The van der Waals surface area contributed by atoms with Crippen LogP contribution in [-0.4, -0.2) is 34.6 Å². The molecule has 1 aliphatic rings. The number of carbonyl (C=O) groups is 1. The number of nitrogens with zero attached hydrogens (tertiary/aromatic N) is 3. The molecule has 1 aromatic carbocycles. The second kappa shape index (κ2) is 6.65. The van der Waals surface area contributed by atoms with E-state index >= 15 is 0 Å². The van der Waals surface area contributed by atoms with Gasteiger partial charge < -0.3 is 14.8 Å². The lowest BCUT2D eigenvalue weighted by Crippen LogP contribution is -2.45. The molecule has 1 N–H and O–H groups in total. The molecule has 0 unspecified atom stereocenters. The van der Waals surface area contributed by atoms with Crippen LogP contribution in [0.3, 0.4) is 0 Å². The Labute approximate surface area is 144 Å². The van der Waals surface area contributed by atoms with Crippen LogP contribution in [0.1, 0.15) is 12.8 Å². The van der Waals surface area contributed by atoms with Crippen molar-refractivity contribution >= 4 is 33.3 Å². The standard InChI is InChI=1S/C18H20N4OS/c23-17(13-22-9-5-14-3-1-2-4-16(14)22)20-15-6-10-21(11-7-15)18-19-8-12-24-18/h1-5,8-9,12,15H,6-7,10-11,13H2,(H,20,23). The third kappa shape index (κ3) is 3.14. The number of nitrogens with one attached hydrogen (secondary N) is 1. The van der Waals surface area contributed by atoms with E-state index in [-0.39, 0.29) is 11.9 Å². The molecule has 3 aromatic rings. The molecular weight excluding hydrogens is 320 g/mol. The molecule has 0 saturated carbocycles. The minimum Gasteiger partial charge on any atom is -0.352 e. The summed E-state index contributed by atoms with van der Waals surface area (Å²) in [5, 5.41) is 7.44. The number of benzene rings is 1. The third-order valence-corrected chi connectivity index (χ3v) is 5.38. The van der Waals surface area contributed by atoms with E-state index in [2.05, 4.69) is 33.4 Å². The third-order valence-electron chi connectivity index (χ3n) is 4.54. The van der Waals surface area contributed by atoms with Crippen molar-refractivity contribution in [3.05, 3.63) is 48.1 Å². The van der Waals surface area contributed by atoms with Crippen molar-refractivity contribution in [1.82, 2.24) is 14.9 Å². The van der Waals surface area contributed by atoms with Gasteiger partial charge in [-0.3, -0.25) is 4.79 Å². The van der Waals surface area contributed by atoms with Gasteiger partial charge in [-0.05, 0) is 30.4 Å². The second-order valence-electron chi connectivity index (χ2n) is 6.15. The Morgan fingerprint density at radius 2 is 2.08 bits per heavy atom. The summed E-state index contributed by atoms with van der Waals surface area (Å²) in [4.78, 5) is 19.0. The van der Waals surface area contributed by atoms with Gasteiger partial charge in [0.05, 0.1) is 0 Å². The summed E-state index contributed by atoms with van der Waals surface area (Å²) in [5.74, 6) is 0.0871. The summed E-state index contributed by atoms with van der Waals surface area (Å²) in [7, 11) is 0. The van der Waals surface area contributed by atoms with E-state index in [0.717, 1.165) is 36.6 Å². The number of thiazole rings is 1. The van der Waals surface area contributed by atoms with Gasteiger partial charge in [-0.25, -0.2) is 4.98 Å². The van der Waals surface area contributed by atoms with Gasteiger partial charge in [0.25, 0.3) is 0 Å². The summed E-state index contributed by atoms with van der Waals surface area (Å²) in [6.45, 7) is 2.27. The quantitative estimate of drug-likeness (QED) is 0.794. The number of rotatable bonds is 4. The SMILES string of the molecule is O=C(Cn1ccc2ccccc21)NC1CCN(c2nccs2)CC1. The van der Waals surface area contributed by atoms with Crippen LogP contribution in [0.4, 0.5) is 5.13 Å². The van der Waals surface area contributed by atoms with Crippen molar-refractivity contribution in [3.8, 4) is 0 Å². The molecule has 24 heavy (non-hydrogen) atoms. The molecule has 4 rings (SSSR count). The first-order valence-electron chi connectivity index (χ1n) is 8.27. The normalized spacial score (nSPS) is 15.8. The van der Waals surface area contributed by atoms with Crippen LogP contribution in [-0.2, 0) is 11.3 Å². The highest BCUT2D eigenvalue weighted by atomic mass is 32.1. The Balaban J connectivity index is 1.32. The van der Waals surface area contributed by atoms with Gasteiger partial charge in [0.2, 0.25) is 5.91 Å². The number of fused-ring (bicyclic) bond motifs is 1. The molecular formula is C18H20N4OS. The van der Waals surface area contributed by atoms with Crippen LogP contribution in [0.25, 0.3) is 10.9 Å². The van der Waals surface area contributed by atoms with Gasteiger partial charge >= 0.3 is 0 Å². The first-order chi connectivity index (χ1) is 11.8. The number of hydrogen-bond donors (Lipinski definition) is 1. The van der Waals surface area contributed by atoms with Crippen molar-refractivity contribution in [2.24, 2.45) is 0 Å². The van der Waals surface area contributed by atoms with Gasteiger partial charge in [-0.2, -0.15) is 0 Å². The molecule has 1 aliphatic heterocycles. The maximum Gasteiger partial charge on any atom is 0.240 e. The molecule has 0 spiro atoms. The number of aromatic nitrogens is 2. The second-order valence-corrected chi connectivity index (χ2v) is 7.02. The summed E-state index contributed by atoms with van der Waals surface area (Å²) in [5.41, 5.74) is 1.10. The Kier molecular flexibility index (Phi) is 4.21. The van der Waals surface area contributed by atoms with E-state index in [1.54, 1.807) is 11.3 Å². The summed E-state index contributed by atoms with van der Waals surface area (Å²) in [6, 6.07) is 10.5. The largest absolute Gasteiger partial charge is 0.352 e. The van der Waals surface area contributed by atoms with E-state index in [9.17, 15) is 4.79 Å². The van der Waals surface area contributed by atoms with Gasteiger partial charge in [0.1, 0.15) is 6.54 Å². The van der Waals surface area contributed by atoms with Gasteiger partial charge in [-0.1, -0.05) is 18.2 Å². The molecule has 2 aromatic heterocycles. The number of anilines is 1. The maximum absolute atomic E-state index is 12.4. The highest BCUT2D eigenvalue weighted by Gasteiger charge is 2.22. The zero-order chi connectivity index (χ0) is 16.4. The lowest BCUT2D eigenvalue weighted by molar-refractivity contribution is -0.122. The molecule has 0 aliphatic carbocycles. The zero-order valence-electron chi connectivity index (χ0n) is 13.4. The number of para-hydroxylation sites is 1. The highest BCUT2D eigenvalue weighted by molar-refractivity contribution is 7.13. The van der Waals surface area contributed by atoms with Crippen molar-refractivity contribution in [1.29, 1.82) is 0 Å². The summed E-state index contributed by atoms with van der Waals surface area (Å²) < 4.78 is 2.01. The maximum atomic E-state index is 12.4.